The molecule has 2 aromatic heterocycles. The van der Waals surface area contributed by atoms with Gasteiger partial charge < -0.3 is 15.6 Å². The van der Waals surface area contributed by atoms with E-state index in [-0.39, 0.29) is 11.9 Å². The second kappa shape index (κ2) is 7.64. The van der Waals surface area contributed by atoms with Gasteiger partial charge in [-0.1, -0.05) is 18.2 Å². The molecule has 6 nitrogen and oxygen atoms in total. The Morgan fingerprint density at radius 3 is 2.96 bits per heavy atom. The number of hydrogen-bond acceptors (Lipinski definition) is 4. The average molecular weight is 376 g/mol. The molecule has 1 atom stereocenters. The predicted molar refractivity (Wildman–Crippen MR) is 108 cm³/mol. The zero-order valence-electron chi connectivity index (χ0n) is 15.3. The van der Waals surface area contributed by atoms with Gasteiger partial charge in [-0.2, -0.15) is 0 Å². The monoisotopic (exact) mass is 376 g/mol. The maximum Gasteiger partial charge on any atom is 0.130 e. The van der Waals surface area contributed by atoms with Crippen LogP contribution in [0.25, 0.3) is 17.5 Å². The van der Waals surface area contributed by atoms with Crippen LogP contribution < -0.4 is 5.73 Å². The van der Waals surface area contributed by atoms with Crippen LogP contribution in [0.5, 0.6) is 0 Å². The van der Waals surface area contributed by atoms with Crippen molar-refractivity contribution in [3.63, 3.8) is 0 Å². The first kappa shape index (κ1) is 17.9. The molecule has 1 saturated heterocycles. The molecule has 4 N–H and O–H groups in total. The highest BCUT2D eigenvalue weighted by atomic mass is 19.1. The van der Waals surface area contributed by atoms with Crippen molar-refractivity contribution in [3.05, 3.63) is 71.9 Å². The van der Waals surface area contributed by atoms with Crippen molar-refractivity contribution >= 4 is 17.7 Å². The van der Waals surface area contributed by atoms with Gasteiger partial charge in [-0.25, -0.2) is 14.4 Å². The topological polar surface area (TPSA) is 94.7 Å². The molecule has 1 aromatic carbocycles. The molecule has 1 aliphatic rings. The maximum absolute atomic E-state index is 13.6. The summed E-state index contributed by atoms with van der Waals surface area (Å²) in [4.78, 5) is 13.8. The largest absolute Gasteiger partial charge is 0.384 e. The Kier molecular flexibility index (Phi) is 4.89. The summed E-state index contributed by atoms with van der Waals surface area (Å²) in [5.41, 5.74) is 8.11. The summed E-state index contributed by atoms with van der Waals surface area (Å²) in [7, 11) is 0. The number of aromatic amines is 1. The summed E-state index contributed by atoms with van der Waals surface area (Å²) in [6.07, 6.45) is 7.05. The summed E-state index contributed by atoms with van der Waals surface area (Å²) in [6, 6.07) is 12.1. The van der Waals surface area contributed by atoms with Crippen LogP contribution in [0, 0.1) is 11.2 Å². The number of nitrogens with one attached hydrogen (secondary N) is 2. The first-order valence-electron chi connectivity index (χ1n) is 9.17. The zero-order valence-corrected chi connectivity index (χ0v) is 15.3. The highest BCUT2D eigenvalue weighted by Gasteiger charge is 2.27. The van der Waals surface area contributed by atoms with E-state index in [1.54, 1.807) is 36.5 Å². The van der Waals surface area contributed by atoms with Gasteiger partial charge in [-0.3, -0.25) is 5.41 Å². The van der Waals surface area contributed by atoms with Crippen molar-refractivity contribution in [2.45, 2.75) is 18.9 Å². The van der Waals surface area contributed by atoms with E-state index in [1.165, 1.54) is 6.07 Å². The molecular formula is C21H21FN6. The molecule has 0 bridgehead atoms. The van der Waals surface area contributed by atoms with E-state index < -0.39 is 0 Å². The van der Waals surface area contributed by atoms with Gasteiger partial charge in [0, 0.05) is 6.54 Å². The Balaban J connectivity index is 1.48. The summed E-state index contributed by atoms with van der Waals surface area (Å²) in [5.74, 6) is 1.21. The van der Waals surface area contributed by atoms with Gasteiger partial charge in [-0.05, 0) is 54.8 Å². The Hall–Kier alpha value is -3.48. The molecule has 0 aliphatic carbocycles. The lowest BCUT2D eigenvalue weighted by Gasteiger charge is -2.26. The number of anilines is 1. The summed E-state index contributed by atoms with van der Waals surface area (Å²) < 4.78 is 13.6. The van der Waals surface area contributed by atoms with Crippen LogP contribution in [0.15, 0.2) is 54.7 Å². The fourth-order valence-electron chi connectivity index (χ4n) is 3.52. The van der Waals surface area contributed by atoms with Gasteiger partial charge in [0.15, 0.2) is 0 Å². The van der Waals surface area contributed by atoms with E-state index in [1.807, 2.05) is 23.1 Å². The number of hydrogen-bond donors (Lipinski definition) is 3. The van der Waals surface area contributed by atoms with Gasteiger partial charge in [0.2, 0.25) is 0 Å². The molecule has 28 heavy (non-hydrogen) atoms. The van der Waals surface area contributed by atoms with E-state index in [0.29, 0.717) is 23.2 Å². The molecule has 0 radical (unpaired) electrons. The van der Waals surface area contributed by atoms with E-state index in [0.717, 1.165) is 30.6 Å². The van der Waals surface area contributed by atoms with E-state index in [4.69, 9.17) is 11.1 Å². The van der Waals surface area contributed by atoms with Gasteiger partial charge >= 0.3 is 0 Å². The summed E-state index contributed by atoms with van der Waals surface area (Å²) in [5, 5.41) is 8.44. The van der Waals surface area contributed by atoms with Gasteiger partial charge in [0.25, 0.3) is 0 Å². The molecule has 1 unspecified atom stereocenters. The molecule has 0 amide bonds. The minimum absolute atomic E-state index is 0.0245. The molecule has 0 spiro atoms. The van der Waals surface area contributed by atoms with Crippen molar-refractivity contribution < 1.29 is 4.39 Å². The normalized spacial score (nSPS) is 16.8. The van der Waals surface area contributed by atoms with Gasteiger partial charge in [0.1, 0.15) is 23.3 Å². The van der Waals surface area contributed by atoms with E-state index in [2.05, 4.69) is 15.0 Å². The fraction of sp³-hybridized carbons (Fsp3) is 0.190. The van der Waals surface area contributed by atoms with Crippen molar-refractivity contribution in [2.75, 3.05) is 12.3 Å². The van der Waals surface area contributed by atoms with Gasteiger partial charge in [0.05, 0.1) is 23.6 Å². The maximum atomic E-state index is 13.6. The molecule has 142 valence electrons. The number of H-pyrrole nitrogens is 1. The summed E-state index contributed by atoms with van der Waals surface area (Å²) in [6.45, 7) is 0.779. The lowest BCUT2D eigenvalue weighted by Crippen LogP contribution is -2.28. The number of rotatable bonds is 4. The lowest BCUT2D eigenvalue weighted by molar-refractivity contribution is 0.399. The van der Waals surface area contributed by atoms with Crippen LogP contribution in [0.4, 0.5) is 10.2 Å². The Bertz CT molecular complexity index is 1020. The molecule has 1 fully saturated rings. The van der Waals surface area contributed by atoms with Crippen molar-refractivity contribution in [2.24, 2.45) is 0 Å². The third kappa shape index (κ3) is 3.78. The number of nitrogens with two attached hydrogens (primary N) is 1. The predicted octanol–water partition coefficient (Wildman–Crippen LogP) is 4.02. The Labute approximate surface area is 162 Å². The van der Waals surface area contributed by atoms with E-state index in [9.17, 15) is 4.39 Å². The number of halogens is 1. The number of amidine groups is 1. The van der Waals surface area contributed by atoms with Crippen molar-refractivity contribution in [1.82, 2.24) is 19.9 Å². The second-order valence-corrected chi connectivity index (χ2v) is 6.75. The van der Waals surface area contributed by atoms with Gasteiger partial charge in [-0.15, -0.1) is 0 Å². The minimum Gasteiger partial charge on any atom is -0.384 e. The first-order chi connectivity index (χ1) is 13.6. The molecule has 0 saturated carbocycles. The molecule has 4 rings (SSSR count). The third-order valence-electron chi connectivity index (χ3n) is 4.84. The quantitative estimate of drug-likeness (QED) is 0.473. The highest BCUT2D eigenvalue weighted by Crippen LogP contribution is 2.32. The highest BCUT2D eigenvalue weighted by molar-refractivity contribution is 5.94. The first-order valence-corrected chi connectivity index (χ1v) is 9.17. The molecular weight excluding hydrogens is 355 g/mol. The minimum atomic E-state index is -0.246. The van der Waals surface area contributed by atoms with Crippen LogP contribution in [0.1, 0.15) is 30.3 Å². The second-order valence-electron chi connectivity index (χ2n) is 6.75. The number of aromatic nitrogens is 3. The number of benzene rings is 1. The van der Waals surface area contributed by atoms with Crippen LogP contribution in [-0.4, -0.2) is 32.2 Å². The SMILES string of the molecule is N=C(/C=C\c1ncc(-c2cccc(N)n2)[nH]1)N1CCCC1c1cccc(F)c1. The molecule has 3 aromatic rings. The van der Waals surface area contributed by atoms with Crippen LogP contribution in [-0.2, 0) is 0 Å². The lowest BCUT2D eigenvalue weighted by atomic mass is 10.0. The standard InChI is InChI=1S/C21H21FN6/c22-15-5-1-4-14(12-15)18-7-3-11-28(18)20(24)9-10-21-25-13-17(27-21)16-6-2-8-19(23)26-16/h1-2,4-6,8-10,12-13,18,24H,3,7,11H2,(H2,23,26)(H,25,27)/b10-9-,24-20?. The van der Waals surface area contributed by atoms with E-state index >= 15 is 0 Å². The number of nitrogen functional groups attached to an aromatic ring is 1. The van der Waals surface area contributed by atoms with Crippen molar-refractivity contribution in [3.8, 4) is 11.4 Å². The Morgan fingerprint density at radius 2 is 2.14 bits per heavy atom. The Morgan fingerprint density at radius 1 is 1.29 bits per heavy atom. The summed E-state index contributed by atoms with van der Waals surface area (Å²) >= 11 is 0. The average Bonchev–Trinajstić information content (AvgIpc) is 3.36. The molecule has 1 aliphatic heterocycles. The van der Waals surface area contributed by atoms with Crippen LogP contribution >= 0.6 is 0 Å². The number of nitrogens with zero attached hydrogens (tertiary/aromatic N) is 3. The fourth-order valence-corrected chi connectivity index (χ4v) is 3.52. The zero-order chi connectivity index (χ0) is 19.5. The number of imidazole rings is 1. The number of likely N-dealkylation sites (tertiary alicyclic amines) is 1. The van der Waals surface area contributed by atoms with Crippen molar-refractivity contribution in [1.29, 1.82) is 5.41 Å². The molecule has 7 heteroatoms. The van der Waals surface area contributed by atoms with Crippen LogP contribution in [0.2, 0.25) is 0 Å². The number of pyridine rings is 1. The van der Waals surface area contributed by atoms with Crippen LogP contribution in [0.3, 0.4) is 0 Å². The smallest absolute Gasteiger partial charge is 0.130 e. The third-order valence-corrected chi connectivity index (χ3v) is 4.84. The molecule has 3 heterocycles.